The number of para-hydroxylation sites is 1. The Kier molecular flexibility index (Phi) is 7.41. The Bertz CT molecular complexity index is 1030. The van der Waals surface area contributed by atoms with Gasteiger partial charge in [0.15, 0.2) is 0 Å². The number of fused-ring (bicyclic) bond motifs is 2. The molecular formula is C20H25ClN4O4. The predicted octanol–water partition coefficient (Wildman–Crippen LogP) is 4.10. The van der Waals surface area contributed by atoms with Gasteiger partial charge in [-0.2, -0.15) is 0 Å². The van der Waals surface area contributed by atoms with E-state index in [-0.39, 0.29) is 23.8 Å². The smallest absolute Gasteiger partial charge is 0.322 e. The molecule has 0 amide bonds. The number of nitrogens with one attached hydrogen (secondary N) is 1. The lowest BCUT2D eigenvalue weighted by atomic mass is 10.0. The van der Waals surface area contributed by atoms with E-state index in [4.69, 9.17) is 9.47 Å². The van der Waals surface area contributed by atoms with Crippen molar-refractivity contribution in [1.29, 1.82) is 0 Å². The zero-order chi connectivity index (χ0) is 20.3. The fourth-order valence-corrected chi connectivity index (χ4v) is 3.28. The number of pyridine rings is 1. The van der Waals surface area contributed by atoms with E-state index in [0.29, 0.717) is 28.9 Å². The third-order valence-electron chi connectivity index (χ3n) is 4.56. The van der Waals surface area contributed by atoms with Crippen LogP contribution in [0.4, 0.5) is 11.4 Å². The number of aromatic nitrogens is 1. The minimum absolute atomic E-state index is 0. The highest BCUT2D eigenvalue weighted by Gasteiger charge is 2.27. The molecule has 0 atom stereocenters. The average Bonchev–Trinajstić information content (AvgIpc) is 2.68. The quantitative estimate of drug-likeness (QED) is 0.254. The maximum Gasteiger partial charge on any atom is 0.322 e. The molecule has 0 aliphatic rings. The van der Waals surface area contributed by atoms with Crippen molar-refractivity contribution in [3.63, 3.8) is 0 Å². The summed E-state index contributed by atoms with van der Waals surface area (Å²) in [5, 5.41) is 16.5. The van der Waals surface area contributed by atoms with Crippen LogP contribution in [0.15, 0.2) is 30.3 Å². The standard InChI is InChI=1S/C20H24N4O4.ClH/c1-23(2)11-7-10-21-18-13-8-5-6-9-14(13)22-19-15(27-3)12-16(28-4)20(17(18)19)24(25)26;/h5-6,8-9,12H,7,10-11H2,1-4H3,(H,21,22);1H. The van der Waals surface area contributed by atoms with Gasteiger partial charge in [-0.15, -0.1) is 12.4 Å². The van der Waals surface area contributed by atoms with Gasteiger partial charge in [-0.05, 0) is 33.1 Å². The third kappa shape index (κ3) is 4.44. The zero-order valence-electron chi connectivity index (χ0n) is 16.9. The second-order valence-electron chi connectivity index (χ2n) is 6.70. The molecule has 29 heavy (non-hydrogen) atoms. The van der Waals surface area contributed by atoms with Gasteiger partial charge in [0.2, 0.25) is 5.75 Å². The number of hydrogen-bond donors (Lipinski definition) is 1. The average molecular weight is 421 g/mol. The summed E-state index contributed by atoms with van der Waals surface area (Å²) in [5.74, 6) is 0.572. The van der Waals surface area contributed by atoms with Gasteiger partial charge in [-0.25, -0.2) is 4.98 Å². The molecular weight excluding hydrogens is 396 g/mol. The lowest BCUT2D eigenvalue weighted by molar-refractivity contribution is -0.383. The van der Waals surface area contributed by atoms with E-state index in [2.05, 4.69) is 15.2 Å². The molecule has 1 N–H and O–H groups in total. The number of methoxy groups -OCH3 is 2. The molecule has 156 valence electrons. The lowest BCUT2D eigenvalue weighted by Crippen LogP contribution is -2.16. The first kappa shape index (κ1) is 22.4. The van der Waals surface area contributed by atoms with E-state index in [9.17, 15) is 10.1 Å². The number of nitro benzene ring substituents is 1. The molecule has 1 heterocycles. The Morgan fingerprint density at radius 3 is 2.48 bits per heavy atom. The molecule has 0 aliphatic heterocycles. The van der Waals surface area contributed by atoms with E-state index >= 15 is 0 Å². The van der Waals surface area contributed by atoms with Crippen LogP contribution in [0, 0.1) is 10.1 Å². The van der Waals surface area contributed by atoms with Crippen LogP contribution >= 0.6 is 12.4 Å². The van der Waals surface area contributed by atoms with Crippen molar-refractivity contribution in [2.24, 2.45) is 0 Å². The molecule has 8 nitrogen and oxygen atoms in total. The Morgan fingerprint density at radius 1 is 1.17 bits per heavy atom. The van der Waals surface area contributed by atoms with Crippen LogP contribution in [0.5, 0.6) is 11.5 Å². The van der Waals surface area contributed by atoms with Gasteiger partial charge in [-0.1, -0.05) is 18.2 Å². The van der Waals surface area contributed by atoms with E-state index in [0.717, 1.165) is 23.9 Å². The molecule has 0 fully saturated rings. The molecule has 3 rings (SSSR count). The van der Waals surface area contributed by atoms with Crippen molar-refractivity contribution in [1.82, 2.24) is 9.88 Å². The van der Waals surface area contributed by atoms with Crippen LogP contribution in [0.25, 0.3) is 21.8 Å². The highest BCUT2D eigenvalue weighted by atomic mass is 35.5. The first-order valence-corrected chi connectivity index (χ1v) is 8.98. The molecule has 0 radical (unpaired) electrons. The Hall–Kier alpha value is -2.84. The maximum absolute atomic E-state index is 11.9. The number of anilines is 1. The SMILES string of the molecule is COc1cc(OC)c2nc3ccccc3c(NCCCN(C)C)c2c1[N+](=O)[O-].Cl. The number of hydrogen-bond acceptors (Lipinski definition) is 7. The Morgan fingerprint density at radius 2 is 1.86 bits per heavy atom. The van der Waals surface area contributed by atoms with Crippen LogP contribution in [0.1, 0.15) is 6.42 Å². The van der Waals surface area contributed by atoms with Gasteiger partial charge in [0.25, 0.3) is 0 Å². The summed E-state index contributed by atoms with van der Waals surface area (Å²) in [6, 6.07) is 9.09. The van der Waals surface area contributed by atoms with E-state index in [1.807, 2.05) is 38.4 Å². The molecule has 0 saturated heterocycles. The van der Waals surface area contributed by atoms with Gasteiger partial charge >= 0.3 is 5.69 Å². The fraction of sp³-hybridized carbons (Fsp3) is 0.350. The minimum atomic E-state index is -0.429. The number of nitrogens with zero attached hydrogens (tertiary/aromatic N) is 3. The van der Waals surface area contributed by atoms with Crippen molar-refractivity contribution >= 4 is 45.6 Å². The summed E-state index contributed by atoms with van der Waals surface area (Å²) in [6.45, 7) is 1.57. The molecule has 1 aromatic heterocycles. The summed E-state index contributed by atoms with van der Waals surface area (Å²) in [4.78, 5) is 18.2. The summed E-state index contributed by atoms with van der Waals surface area (Å²) in [5.41, 5.74) is 1.72. The highest BCUT2D eigenvalue weighted by Crippen LogP contribution is 2.45. The highest BCUT2D eigenvalue weighted by molar-refractivity contribution is 6.13. The van der Waals surface area contributed by atoms with Crippen molar-refractivity contribution in [2.45, 2.75) is 6.42 Å². The van der Waals surface area contributed by atoms with Crippen LogP contribution in [-0.4, -0.2) is 56.2 Å². The zero-order valence-corrected chi connectivity index (χ0v) is 17.7. The first-order chi connectivity index (χ1) is 13.5. The van der Waals surface area contributed by atoms with E-state index in [1.165, 1.54) is 20.3 Å². The number of nitro groups is 1. The maximum atomic E-state index is 11.9. The first-order valence-electron chi connectivity index (χ1n) is 8.98. The van der Waals surface area contributed by atoms with Crippen molar-refractivity contribution in [2.75, 3.05) is 46.7 Å². The lowest BCUT2D eigenvalue weighted by Gasteiger charge is -2.17. The summed E-state index contributed by atoms with van der Waals surface area (Å²) < 4.78 is 10.8. The second kappa shape index (κ2) is 9.58. The summed E-state index contributed by atoms with van der Waals surface area (Å²) >= 11 is 0. The van der Waals surface area contributed by atoms with Crippen molar-refractivity contribution in [3.8, 4) is 11.5 Å². The second-order valence-corrected chi connectivity index (χ2v) is 6.70. The minimum Gasteiger partial charge on any atom is -0.494 e. The molecule has 3 aromatic rings. The molecule has 0 unspecified atom stereocenters. The van der Waals surface area contributed by atoms with Crippen LogP contribution in [0.2, 0.25) is 0 Å². The Labute approximate surface area is 175 Å². The predicted molar refractivity (Wildman–Crippen MR) is 118 cm³/mol. The largest absolute Gasteiger partial charge is 0.494 e. The number of ether oxygens (including phenoxy) is 2. The van der Waals surface area contributed by atoms with Gasteiger partial charge in [-0.3, -0.25) is 10.1 Å². The van der Waals surface area contributed by atoms with Crippen LogP contribution in [0.3, 0.4) is 0 Å². The van der Waals surface area contributed by atoms with Crippen LogP contribution < -0.4 is 14.8 Å². The van der Waals surface area contributed by atoms with Gasteiger partial charge in [0.05, 0.1) is 30.3 Å². The van der Waals surface area contributed by atoms with Crippen molar-refractivity contribution in [3.05, 3.63) is 40.4 Å². The van der Waals surface area contributed by atoms with E-state index < -0.39 is 4.92 Å². The number of rotatable bonds is 8. The molecule has 0 aliphatic carbocycles. The van der Waals surface area contributed by atoms with Gasteiger partial charge in [0, 0.05) is 18.0 Å². The molecule has 0 bridgehead atoms. The third-order valence-corrected chi connectivity index (χ3v) is 4.56. The van der Waals surface area contributed by atoms with Crippen molar-refractivity contribution < 1.29 is 14.4 Å². The van der Waals surface area contributed by atoms with E-state index in [1.54, 1.807) is 0 Å². The molecule has 2 aromatic carbocycles. The van der Waals surface area contributed by atoms with Gasteiger partial charge in [0.1, 0.15) is 16.7 Å². The normalized spacial score (nSPS) is 10.8. The molecule has 9 heteroatoms. The molecule has 0 saturated carbocycles. The fourth-order valence-electron chi connectivity index (χ4n) is 3.28. The summed E-state index contributed by atoms with van der Waals surface area (Å²) in [7, 11) is 6.95. The number of benzene rings is 2. The Balaban J connectivity index is 0.00000300. The van der Waals surface area contributed by atoms with Gasteiger partial charge < -0.3 is 19.7 Å². The number of halogens is 1. The van der Waals surface area contributed by atoms with Crippen LogP contribution in [-0.2, 0) is 0 Å². The monoisotopic (exact) mass is 420 g/mol. The summed E-state index contributed by atoms with van der Waals surface area (Å²) in [6.07, 6.45) is 0.889. The topological polar surface area (TPSA) is 89.8 Å². The molecule has 0 spiro atoms.